The summed E-state index contributed by atoms with van der Waals surface area (Å²) in [6, 6.07) is 20.4. The van der Waals surface area contributed by atoms with Gasteiger partial charge in [0.1, 0.15) is 11.3 Å². The third-order valence-electron chi connectivity index (χ3n) is 5.66. The SMILES string of the molecule is CC(C)(C)[Si](OC[C@@H](OS(=O)(=O)CCl)[C@H]1CCCO1)(c1ccccc1)c1ccccc1. The molecule has 8 heteroatoms. The zero-order valence-electron chi connectivity index (χ0n) is 18.3. The summed E-state index contributed by atoms with van der Waals surface area (Å²) in [6.07, 6.45) is 0.515. The van der Waals surface area contributed by atoms with Crippen molar-refractivity contribution in [3.63, 3.8) is 0 Å². The molecule has 1 fully saturated rings. The molecule has 0 N–H and O–H groups in total. The molecule has 0 aliphatic carbocycles. The molecule has 170 valence electrons. The van der Waals surface area contributed by atoms with E-state index in [9.17, 15) is 8.42 Å². The number of rotatable bonds is 9. The van der Waals surface area contributed by atoms with Gasteiger partial charge in [0.15, 0.2) is 0 Å². The third kappa shape index (κ3) is 5.59. The highest BCUT2D eigenvalue weighted by atomic mass is 35.5. The maximum atomic E-state index is 12.2. The lowest BCUT2D eigenvalue weighted by atomic mass is 10.1. The first kappa shape index (κ1) is 24.4. The fraction of sp³-hybridized carbons (Fsp3) is 0.478. The zero-order chi connectivity index (χ0) is 22.5. The van der Waals surface area contributed by atoms with Gasteiger partial charge >= 0.3 is 0 Å². The molecule has 0 radical (unpaired) electrons. The molecule has 0 aromatic heterocycles. The van der Waals surface area contributed by atoms with E-state index in [-0.39, 0.29) is 17.7 Å². The van der Waals surface area contributed by atoms with Crippen LogP contribution in [-0.2, 0) is 23.5 Å². The van der Waals surface area contributed by atoms with Crippen molar-refractivity contribution in [2.75, 3.05) is 18.4 Å². The Morgan fingerprint density at radius 3 is 2.03 bits per heavy atom. The molecule has 31 heavy (non-hydrogen) atoms. The van der Waals surface area contributed by atoms with Gasteiger partial charge < -0.3 is 9.16 Å². The second-order valence-corrected chi connectivity index (χ2v) is 15.3. The van der Waals surface area contributed by atoms with Crippen LogP contribution in [0.5, 0.6) is 0 Å². The largest absolute Gasteiger partial charge is 0.405 e. The summed E-state index contributed by atoms with van der Waals surface area (Å²) in [7, 11) is -6.68. The Morgan fingerprint density at radius 1 is 1.06 bits per heavy atom. The molecular weight excluding hydrogens is 452 g/mol. The molecular formula is C23H31ClO5SSi. The van der Waals surface area contributed by atoms with E-state index in [0.717, 1.165) is 23.2 Å². The summed E-state index contributed by atoms with van der Waals surface area (Å²) in [5.74, 6) is 0. The minimum absolute atomic E-state index is 0.105. The first-order valence-electron chi connectivity index (χ1n) is 10.5. The number of ether oxygens (including phenoxy) is 1. The lowest BCUT2D eigenvalue weighted by Crippen LogP contribution is -2.67. The van der Waals surface area contributed by atoms with E-state index in [2.05, 4.69) is 45.0 Å². The average molecular weight is 483 g/mol. The van der Waals surface area contributed by atoms with Gasteiger partial charge in [-0.1, -0.05) is 81.4 Å². The maximum Gasteiger partial charge on any atom is 0.281 e. The summed E-state index contributed by atoms with van der Waals surface area (Å²) in [6.45, 7) is 7.22. The number of benzene rings is 2. The smallest absolute Gasteiger partial charge is 0.281 e. The Hall–Kier alpha value is -1.22. The van der Waals surface area contributed by atoms with E-state index in [4.69, 9.17) is 24.9 Å². The van der Waals surface area contributed by atoms with Crippen LogP contribution in [0.1, 0.15) is 33.6 Å². The van der Waals surface area contributed by atoms with Gasteiger partial charge in [-0.25, -0.2) is 0 Å². The predicted molar refractivity (Wildman–Crippen MR) is 127 cm³/mol. The summed E-state index contributed by atoms with van der Waals surface area (Å²) < 4.78 is 42.4. The highest BCUT2D eigenvalue weighted by Crippen LogP contribution is 2.37. The van der Waals surface area contributed by atoms with E-state index < -0.39 is 29.8 Å². The predicted octanol–water partition coefficient (Wildman–Crippen LogP) is 3.65. The molecule has 0 bridgehead atoms. The van der Waals surface area contributed by atoms with Crippen LogP contribution in [0.25, 0.3) is 0 Å². The van der Waals surface area contributed by atoms with Gasteiger partial charge in [-0.2, -0.15) is 8.42 Å². The van der Waals surface area contributed by atoms with Gasteiger partial charge in [0, 0.05) is 6.61 Å². The van der Waals surface area contributed by atoms with Crippen molar-refractivity contribution in [2.24, 2.45) is 0 Å². The highest BCUT2D eigenvalue weighted by molar-refractivity contribution is 7.87. The molecule has 3 rings (SSSR count). The Balaban J connectivity index is 2.03. The Morgan fingerprint density at radius 2 is 1.61 bits per heavy atom. The lowest BCUT2D eigenvalue weighted by Gasteiger charge is -2.43. The topological polar surface area (TPSA) is 61.8 Å². The number of alkyl halides is 1. The normalized spacial score (nSPS) is 18.8. The minimum atomic E-state index is -3.87. The average Bonchev–Trinajstić information content (AvgIpc) is 3.29. The number of hydrogen-bond donors (Lipinski definition) is 0. The maximum absolute atomic E-state index is 12.2. The van der Waals surface area contributed by atoms with Crippen molar-refractivity contribution in [1.82, 2.24) is 0 Å². The Kier molecular flexibility index (Phi) is 7.99. The van der Waals surface area contributed by atoms with Crippen molar-refractivity contribution < 1.29 is 21.8 Å². The minimum Gasteiger partial charge on any atom is -0.405 e. The second-order valence-electron chi connectivity index (χ2n) is 8.83. The number of halogens is 1. The van der Waals surface area contributed by atoms with Crippen molar-refractivity contribution >= 4 is 40.4 Å². The van der Waals surface area contributed by atoms with Crippen LogP contribution in [0.2, 0.25) is 5.04 Å². The van der Waals surface area contributed by atoms with Crippen LogP contribution in [0, 0.1) is 0 Å². The fourth-order valence-corrected chi connectivity index (χ4v) is 9.61. The molecule has 2 aromatic rings. The van der Waals surface area contributed by atoms with Crippen LogP contribution < -0.4 is 10.4 Å². The van der Waals surface area contributed by atoms with Gasteiger partial charge in [-0.3, -0.25) is 4.18 Å². The van der Waals surface area contributed by atoms with Gasteiger partial charge in [-0.15, -0.1) is 11.6 Å². The van der Waals surface area contributed by atoms with Gasteiger partial charge in [0.05, 0.1) is 12.7 Å². The van der Waals surface area contributed by atoms with Crippen molar-refractivity contribution in [3.8, 4) is 0 Å². The molecule has 1 aliphatic rings. The van der Waals surface area contributed by atoms with E-state index >= 15 is 0 Å². The lowest BCUT2D eigenvalue weighted by molar-refractivity contribution is -0.00775. The molecule has 2 atom stereocenters. The van der Waals surface area contributed by atoms with E-state index in [0.29, 0.717) is 6.61 Å². The van der Waals surface area contributed by atoms with Crippen molar-refractivity contribution in [1.29, 1.82) is 0 Å². The molecule has 1 saturated heterocycles. The molecule has 1 heterocycles. The van der Waals surface area contributed by atoms with Crippen LogP contribution >= 0.6 is 11.6 Å². The van der Waals surface area contributed by atoms with Gasteiger partial charge in [0.25, 0.3) is 18.4 Å². The van der Waals surface area contributed by atoms with E-state index in [1.54, 1.807) is 0 Å². The summed E-state index contributed by atoms with van der Waals surface area (Å²) in [4.78, 5) is 0. The Labute approximate surface area is 191 Å². The van der Waals surface area contributed by atoms with Gasteiger partial charge in [-0.05, 0) is 28.3 Å². The summed E-state index contributed by atoms with van der Waals surface area (Å²) in [5.41, 5.74) is 0. The fourth-order valence-electron chi connectivity index (χ4n) is 4.28. The molecule has 2 aromatic carbocycles. The first-order valence-corrected chi connectivity index (χ1v) is 14.6. The zero-order valence-corrected chi connectivity index (χ0v) is 20.9. The molecule has 0 amide bonds. The molecule has 0 spiro atoms. The van der Waals surface area contributed by atoms with Crippen LogP contribution in [-0.4, -0.2) is 47.4 Å². The van der Waals surface area contributed by atoms with Crippen molar-refractivity contribution in [2.45, 2.75) is 50.9 Å². The highest BCUT2D eigenvalue weighted by Gasteiger charge is 2.51. The summed E-state index contributed by atoms with van der Waals surface area (Å²) >= 11 is 5.61. The molecule has 0 saturated carbocycles. The van der Waals surface area contributed by atoms with Crippen LogP contribution in [0.3, 0.4) is 0 Å². The molecule has 5 nitrogen and oxygen atoms in total. The first-order chi connectivity index (χ1) is 14.7. The van der Waals surface area contributed by atoms with Crippen LogP contribution in [0.4, 0.5) is 0 Å². The van der Waals surface area contributed by atoms with E-state index in [1.807, 2.05) is 36.4 Å². The second kappa shape index (κ2) is 10.1. The van der Waals surface area contributed by atoms with Crippen molar-refractivity contribution in [3.05, 3.63) is 60.7 Å². The quantitative estimate of drug-likeness (QED) is 0.310. The monoisotopic (exact) mass is 482 g/mol. The van der Waals surface area contributed by atoms with Gasteiger partial charge in [0.2, 0.25) is 0 Å². The third-order valence-corrected chi connectivity index (χ3v) is 12.3. The van der Waals surface area contributed by atoms with Crippen LogP contribution in [0.15, 0.2) is 60.7 Å². The van der Waals surface area contributed by atoms with E-state index in [1.165, 1.54) is 0 Å². The Bertz CT molecular complexity index is 886. The molecule has 0 unspecified atom stereocenters. The molecule has 1 aliphatic heterocycles. The number of hydrogen-bond acceptors (Lipinski definition) is 5. The summed E-state index contributed by atoms with van der Waals surface area (Å²) in [5, 5.41) is 1.43. The standard InChI is InChI=1S/C23H31ClO5SSi/c1-23(2,3)31(19-11-6-4-7-12-19,20-13-8-5-9-14-20)28-17-22(21-15-10-16-27-21)29-30(25,26)18-24/h4-9,11-14,21-22H,10,15-18H2,1-3H3/t21-,22-/m1/s1.